The van der Waals surface area contributed by atoms with Crippen LogP contribution in [0.1, 0.15) is 10.4 Å². The van der Waals surface area contributed by atoms with Gasteiger partial charge in [-0.25, -0.2) is 4.79 Å². The first-order valence-electron chi connectivity index (χ1n) is 5.31. The van der Waals surface area contributed by atoms with Crippen molar-refractivity contribution in [2.45, 2.75) is 0 Å². The predicted molar refractivity (Wildman–Crippen MR) is 65.3 cm³/mol. The molecular weight excluding hydrogens is 254 g/mol. The van der Waals surface area contributed by atoms with Crippen molar-refractivity contribution in [2.24, 2.45) is 0 Å². The molecule has 0 radical (unpaired) electrons. The van der Waals surface area contributed by atoms with Crippen molar-refractivity contribution in [3.63, 3.8) is 0 Å². The third kappa shape index (κ3) is 4.30. The lowest BCUT2D eigenvalue weighted by molar-refractivity contribution is -0.136. The number of hydrogen-bond donors (Lipinski definition) is 2. The number of carbonyl (C=O) groups is 3. The molecule has 0 aliphatic rings. The van der Waals surface area contributed by atoms with Crippen LogP contribution < -0.4 is 4.90 Å². The molecule has 7 nitrogen and oxygen atoms in total. The van der Waals surface area contributed by atoms with Crippen LogP contribution in [0.3, 0.4) is 0 Å². The van der Waals surface area contributed by atoms with Crippen LogP contribution >= 0.6 is 0 Å². The summed E-state index contributed by atoms with van der Waals surface area (Å²) in [6, 6.07) is 5.83. The number of ether oxygens (including phenoxy) is 1. The second-order valence-electron chi connectivity index (χ2n) is 3.68. The summed E-state index contributed by atoms with van der Waals surface area (Å²) >= 11 is 0. The molecule has 0 aromatic heterocycles. The number of hydrogen-bond acceptors (Lipinski definition) is 5. The van der Waals surface area contributed by atoms with Crippen LogP contribution in [0.2, 0.25) is 0 Å². The van der Waals surface area contributed by atoms with Gasteiger partial charge in [-0.15, -0.1) is 0 Å². The molecule has 1 aromatic rings. The highest BCUT2D eigenvalue weighted by molar-refractivity contribution is 5.90. The molecular formula is C12H13NO6. The Balaban J connectivity index is 2.93. The molecule has 0 bridgehead atoms. The number of benzene rings is 1. The number of carboxylic acid groups (broad SMARTS) is 2. The molecule has 102 valence electrons. The van der Waals surface area contributed by atoms with Crippen molar-refractivity contribution in [3.05, 3.63) is 29.8 Å². The van der Waals surface area contributed by atoms with Gasteiger partial charge in [0.1, 0.15) is 13.1 Å². The number of carboxylic acids is 2. The zero-order valence-corrected chi connectivity index (χ0v) is 10.2. The minimum atomic E-state index is -1.14. The Labute approximate surface area is 109 Å². The lowest BCUT2D eigenvalue weighted by Gasteiger charge is -2.20. The van der Waals surface area contributed by atoms with Gasteiger partial charge in [0.25, 0.3) is 0 Å². The fourth-order valence-electron chi connectivity index (χ4n) is 1.49. The fourth-order valence-corrected chi connectivity index (χ4v) is 1.49. The molecule has 1 rings (SSSR count). The standard InChI is InChI=1S/C12H13NO6/c1-19-12(18)8-2-4-9(5-3-8)13(6-10(14)15)7-11(16)17/h2-5H,6-7H2,1H3,(H,14,15)(H,16,17). The molecule has 0 unspecified atom stereocenters. The van der Waals surface area contributed by atoms with E-state index in [1.165, 1.54) is 36.3 Å². The van der Waals surface area contributed by atoms with Crippen LogP contribution in [-0.4, -0.2) is 48.3 Å². The van der Waals surface area contributed by atoms with Crippen LogP contribution in [0, 0.1) is 0 Å². The Hall–Kier alpha value is -2.57. The number of nitrogens with zero attached hydrogens (tertiary/aromatic N) is 1. The van der Waals surface area contributed by atoms with Crippen molar-refractivity contribution in [1.82, 2.24) is 0 Å². The minimum absolute atomic E-state index is 0.303. The smallest absolute Gasteiger partial charge is 0.337 e. The third-order valence-corrected chi connectivity index (χ3v) is 2.31. The summed E-state index contributed by atoms with van der Waals surface area (Å²) in [5, 5.41) is 17.5. The van der Waals surface area contributed by atoms with E-state index in [2.05, 4.69) is 4.74 Å². The van der Waals surface area contributed by atoms with Gasteiger partial charge in [-0.1, -0.05) is 0 Å². The second-order valence-corrected chi connectivity index (χ2v) is 3.68. The number of aliphatic carboxylic acids is 2. The van der Waals surface area contributed by atoms with Crippen molar-refractivity contribution in [1.29, 1.82) is 0 Å². The Morgan fingerprint density at radius 2 is 1.53 bits per heavy atom. The molecule has 0 heterocycles. The molecule has 19 heavy (non-hydrogen) atoms. The molecule has 0 saturated carbocycles. The van der Waals surface area contributed by atoms with Crippen molar-refractivity contribution in [3.8, 4) is 0 Å². The molecule has 0 aliphatic carbocycles. The van der Waals surface area contributed by atoms with E-state index < -0.39 is 31.0 Å². The van der Waals surface area contributed by atoms with Gasteiger partial charge in [-0.2, -0.15) is 0 Å². The van der Waals surface area contributed by atoms with E-state index in [1.54, 1.807) is 0 Å². The molecule has 2 N–H and O–H groups in total. The van der Waals surface area contributed by atoms with Gasteiger partial charge in [-0.3, -0.25) is 9.59 Å². The SMILES string of the molecule is COC(=O)c1ccc(N(CC(=O)O)CC(=O)O)cc1. The summed E-state index contributed by atoms with van der Waals surface area (Å²) in [4.78, 5) is 33.8. The summed E-state index contributed by atoms with van der Waals surface area (Å²) in [5.74, 6) is -2.80. The molecule has 7 heteroatoms. The highest BCUT2D eigenvalue weighted by atomic mass is 16.5. The summed E-state index contributed by atoms with van der Waals surface area (Å²) in [6.07, 6.45) is 0. The number of anilines is 1. The molecule has 0 atom stereocenters. The monoisotopic (exact) mass is 267 g/mol. The highest BCUT2D eigenvalue weighted by Gasteiger charge is 2.15. The van der Waals surface area contributed by atoms with Crippen molar-refractivity contribution >= 4 is 23.6 Å². The summed E-state index contributed by atoms with van der Waals surface area (Å²) in [5.41, 5.74) is 0.703. The fraction of sp³-hybridized carbons (Fsp3) is 0.250. The van der Waals surface area contributed by atoms with Gasteiger partial charge >= 0.3 is 17.9 Å². The van der Waals surface area contributed by atoms with Crippen LogP contribution in [-0.2, 0) is 14.3 Å². The number of carbonyl (C=O) groups excluding carboxylic acids is 1. The molecule has 1 aromatic carbocycles. The van der Waals surface area contributed by atoms with Crippen LogP contribution in [0.25, 0.3) is 0 Å². The van der Waals surface area contributed by atoms with Gasteiger partial charge in [-0.05, 0) is 24.3 Å². The minimum Gasteiger partial charge on any atom is -0.480 e. The number of esters is 1. The largest absolute Gasteiger partial charge is 0.480 e. The summed E-state index contributed by atoms with van der Waals surface area (Å²) in [6.45, 7) is -0.881. The van der Waals surface area contributed by atoms with Gasteiger partial charge in [0.2, 0.25) is 0 Å². The lowest BCUT2D eigenvalue weighted by atomic mass is 10.2. The second kappa shape index (κ2) is 6.39. The first-order chi connectivity index (χ1) is 8.93. The zero-order valence-electron chi connectivity index (χ0n) is 10.2. The van der Waals surface area contributed by atoms with Crippen molar-refractivity contribution in [2.75, 3.05) is 25.1 Å². The Bertz CT molecular complexity index is 465. The van der Waals surface area contributed by atoms with Gasteiger partial charge in [0.05, 0.1) is 12.7 Å². The van der Waals surface area contributed by atoms with E-state index in [0.29, 0.717) is 11.3 Å². The lowest BCUT2D eigenvalue weighted by Crippen LogP contribution is -2.34. The maximum absolute atomic E-state index is 11.2. The van der Waals surface area contributed by atoms with E-state index in [1.807, 2.05) is 0 Å². The normalized spacial score (nSPS) is 9.74. The van der Waals surface area contributed by atoms with Crippen LogP contribution in [0.5, 0.6) is 0 Å². The molecule has 0 amide bonds. The summed E-state index contributed by atoms with van der Waals surface area (Å²) < 4.78 is 4.52. The van der Waals surface area contributed by atoms with Crippen molar-refractivity contribution < 1.29 is 29.3 Å². The van der Waals surface area contributed by atoms with Crippen LogP contribution in [0.15, 0.2) is 24.3 Å². The highest BCUT2D eigenvalue weighted by Crippen LogP contribution is 2.15. The van der Waals surface area contributed by atoms with E-state index >= 15 is 0 Å². The van der Waals surface area contributed by atoms with E-state index in [4.69, 9.17) is 10.2 Å². The van der Waals surface area contributed by atoms with Crippen LogP contribution in [0.4, 0.5) is 5.69 Å². The third-order valence-electron chi connectivity index (χ3n) is 2.31. The Kier molecular flexibility index (Phi) is 4.87. The molecule has 0 saturated heterocycles. The summed E-state index contributed by atoms with van der Waals surface area (Å²) in [7, 11) is 1.25. The average Bonchev–Trinajstić information content (AvgIpc) is 2.36. The molecule has 0 aliphatic heterocycles. The molecule has 0 spiro atoms. The van der Waals surface area contributed by atoms with E-state index in [9.17, 15) is 14.4 Å². The first-order valence-corrected chi connectivity index (χ1v) is 5.31. The Morgan fingerprint density at radius 1 is 1.05 bits per heavy atom. The topological polar surface area (TPSA) is 104 Å². The maximum Gasteiger partial charge on any atom is 0.337 e. The quantitative estimate of drug-likeness (QED) is 0.721. The number of rotatable bonds is 6. The Morgan fingerprint density at radius 3 is 1.89 bits per heavy atom. The number of methoxy groups -OCH3 is 1. The van der Waals surface area contributed by atoms with Gasteiger partial charge in [0.15, 0.2) is 0 Å². The first kappa shape index (κ1) is 14.5. The predicted octanol–water partition coefficient (Wildman–Crippen LogP) is 0.449. The van der Waals surface area contributed by atoms with E-state index in [0.717, 1.165) is 0 Å². The zero-order chi connectivity index (χ0) is 14.4. The molecule has 0 fully saturated rings. The maximum atomic E-state index is 11.2. The van der Waals surface area contributed by atoms with Gasteiger partial charge in [0, 0.05) is 5.69 Å². The average molecular weight is 267 g/mol. The van der Waals surface area contributed by atoms with E-state index in [-0.39, 0.29) is 0 Å². The van der Waals surface area contributed by atoms with Gasteiger partial charge < -0.3 is 19.8 Å².